The Morgan fingerprint density at radius 1 is 1.27 bits per heavy atom. The third-order valence-corrected chi connectivity index (χ3v) is 11.1. The summed E-state index contributed by atoms with van der Waals surface area (Å²) >= 11 is 7.05. The Balaban J connectivity index is 3.13. The Hall–Kier alpha value is 1.46. The topological polar surface area (TPSA) is 0 Å². The van der Waals surface area contributed by atoms with Crippen LogP contribution in [0, 0.1) is 0 Å². The average Bonchev–Trinajstić information content (AvgIpc) is 2.08. The molecule has 0 bridgehead atoms. The van der Waals surface area contributed by atoms with Gasteiger partial charge in [-0.25, -0.2) is 0 Å². The first-order valence-electron chi connectivity index (χ1n) is 3.36. The molecule has 0 aromatic carbocycles. The predicted octanol–water partition coefficient (Wildman–Crippen LogP) is 3.82. The second-order valence-electron chi connectivity index (χ2n) is 3.49. The van der Waals surface area contributed by atoms with E-state index in [1.807, 2.05) is 0 Å². The fourth-order valence-corrected chi connectivity index (χ4v) is 14.1. The van der Waals surface area contributed by atoms with Gasteiger partial charge in [0.15, 0.2) is 0 Å². The van der Waals surface area contributed by atoms with Crippen LogP contribution in [0.25, 0.3) is 0 Å². The summed E-state index contributed by atoms with van der Waals surface area (Å²) in [5.74, 6) is 0. The first-order valence-corrected chi connectivity index (χ1v) is 15.8. The van der Waals surface area contributed by atoms with Gasteiger partial charge in [-0.3, -0.25) is 0 Å². The quantitative estimate of drug-likeness (QED) is 0.624. The zero-order valence-electron chi connectivity index (χ0n) is 6.74. The molecule has 1 rings (SSSR count). The second kappa shape index (κ2) is 3.68. The number of hydrogen-bond donors (Lipinski definition) is 0. The van der Waals surface area contributed by atoms with Crippen LogP contribution in [0.1, 0.15) is 0 Å². The Kier molecular flexibility index (Phi) is 3.52. The molecule has 1 aromatic heterocycles. The molecular formula is C7H10Br2SSn. The summed E-state index contributed by atoms with van der Waals surface area (Å²) in [7, 11) is 0. The van der Waals surface area contributed by atoms with E-state index in [2.05, 4.69) is 52.7 Å². The van der Waals surface area contributed by atoms with Gasteiger partial charge in [0.2, 0.25) is 0 Å². The summed E-state index contributed by atoms with van der Waals surface area (Å²) in [6, 6.07) is 2.27. The third kappa shape index (κ3) is 2.71. The van der Waals surface area contributed by atoms with Crippen molar-refractivity contribution in [2.24, 2.45) is 0 Å². The van der Waals surface area contributed by atoms with Gasteiger partial charge in [-0.1, -0.05) is 0 Å². The molecule has 0 unspecified atom stereocenters. The maximum atomic E-state index is 3.59. The first kappa shape index (κ1) is 10.5. The van der Waals surface area contributed by atoms with Gasteiger partial charge < -0.3 is 0 Å². The zero-order chi connectivity index (χ0) is 8.65. The van der Waals surface area contributed by atoms with Gasteiger partial charge in [-0.05, 0) is 0 Å². The molecule has 62 valence electrons. The van der Waals surface area contributed by atoms with Crippen LogP contribution in [-0.2, 0) is 0 Å². The van der Waals surface area contributed by atoms with Crippen LogP contribution < -0.4 is 3.58 Å². The van der Waals surface area contributed by atoms with Crippen molar-refractivity contribution in [2.45, 2.75) is 14.8 Å². The van der Waals surface area contributed by atoms with E-state index in [4.69, 9.17) is 0 Å². The summed E-state index contributed by atoms with van der Waals surface area (Å²) in [6.45, 7) is 0. The molecule has 0 atom stereocenters. The van der Waals surface area contributed by atoms with Gasteiger partial charge in [0.1, 0.15) is 0 Å². The molecule has 0 nitrogen and oxygen atoms in total. The summed E-state index contributed by atoms with van der Waals surface area (Å²) in [6.07, 6.45) is 0. The summed E-state index contributed by atoms with van der Waals surface area (Å²) in [5, 5.41) is 0. The van der Waals surface area contributed by atoms with E-state index in [9.17, 15) is 0 Å². The standard InChI is InChI=1S/C4HBr2S.3CH3.Sn/c5-3-1-2-4(6)7-3;;;;/h1H;3*1H3;. The fraction of sp³-hybridized carbons (Fsp3) is 0.429. The van der Waals surface area contributed by atoms with E-state index in [0.29, 0.717) is 0 Å². The van der Waals surface area contributed by atoms with Gasteiger partial charge in [-0.2, -0.15) is 0 Å². The van der Waals surface area contributed by atoms with E-state index < -0.39 is 18.4 Å². The summed E-state index contributed by atoms with van der Waals surface area (Å²) in [4.78, 5) is 7.27. The summed E-state index contributed by atoms with van der Waals surface area (Å²) < 4.78 is 4.15. The predicted molar refractivity (Wildman–Crippen MR) is 62.7 cm³/mol. The van der Waals surface area contributed by atoms with Crippen molar-refractivity contribution in [3.8, 4) is 0 Å². The van der Waals surface area contributed by atoms with Gasteiger partial charge >= 0.3 is 93.6 Å². The normalized spacial score (nSPS) is 12.1. The SMILES string of the molecule is [CH3][Sn]([CH3])([CH3])[c]1cc(Br)sc1Br. The molecule has 0 spiro atoms. The number of thiophene rings is 1. The van der Waals surface area contributed by atoms with Crippen molar-refractivity contribution in [3.05, 3.63) is 13.6 Å². The molecule has 11 heavy (non-hydrogen) atoms. The molecule has 0 fully saturated rings. The van der Waals surface area contributed by atoms with Crippen molar-refractivity contribution in [2.75, 3.05) is 0 Å². The molecule has 0 radical (unpaired) electrons. The Labute approximate surface area is 92.5 Å². The summed E-state index contributed by atoms with van der Waals surface area (Å²) in [5.41, 5.74) is 0. The molecular weight excluding hydrogens is 395 g/mol. The van der Waals surface area contributed by atoms with Gasteiger partial charge in [0.05, 0.1) is 0 Å². The van der Waals surface area contributed by atoms with Crippen LogP contribution in [-0.4, -0.2) is 18.4 Å². The first-order chi connectivity index (χ1) is 4.91. The van der Waals surface area contributed by atoms with Crippen molar-refractivity contribution >= 4 is 65.2 Å². The van der Waals surface area contributed by atoms with Gasteiger partial charge in [0, 0.05) is 0 Å². The van der Waals surface area contributed by atoms with E-state index in [1.165, 1.54) is 7.57 Å². The van der Waals surface area contributed by atoms with Crippen molar-refractivity contribution < 1.29 is 0 Å². The van der Waals surface area contributed by atoms with E-state index >= 15 is 0 Å². The molecule has 0 amide bonds. The van der Waals surface area contributed by atoms with Crippen LogP contribution in [0.2, 0.25) is 14.8 Å². The van der Waals surface area contributed by atoms with E-state index in [1.54, 1.807) is 14.9 Å². The minimum absolute atomic E-state index is 1.24. The molecule has 1 aromatic rings. The molecule has 0 aliphatic rings. The molecule has 1 heterocycles. The van der Waals surface area contributed by atoms with E-state index in [-0.39, 0.29) is 0 Å². The minimum atomic E-state index is -1.82. The Morgan fingerprint density at radius 3 is 2.00 bits per heavy atom. The van der Waals surface area contributed by atoms with Crippen LogP contribution in [0.5, 0.6) is 0 Å². The third-order valence-electron chi connectivity index (χ3n) is 1.46. The molecule has 4 heteroatoms. The second-order valence-corrected chi connectivity index (χ2v) is 21.6. The number of rotatable bonds is 1. The molecule has 0 aliphatic carbocycles. The average molecular weight is 405 g/mol. The fourth-order valence-electron chi connectivity index (χ4n) is 0.852. The van der Waals surface area contributed by atoms with Crippen molar-refractivity contribution in [1.82, 2.24) is 0 Å². The maximum absolute atomic E-state index is 3.59. The van der Waals surface area contributed by atoms with E-state index in [0.717, 1.165) is 0 Å². The van der Waals surface area contributed by atoms with Crippen LogP contribution in [0.3, 0.4) is 0 Å². The number of halogens is 2. The van der Waals surface area contributed by atoms with Gasteiger partial charge in [-0.15, -0.1) is 0 Å². The van der Waals surface area contributed by atoms with Crippen molar-refractivity contribution in [3.63, 3.8) is 0 Å². The van der Waals surface area contributed by atoms with Crippen LogP contribution in [0.4, 0.5) is 0 Å². The Bertz CT molecular complexity index is 262. The molecule has 0 aliphatic heterocycles. The molecule has 0 saturated carbocycles. The van der Waals surface area contributed by atoms with Gasteiger partial charge in [0.25, 0.3) is 0 Å². The van der Waals surface area contributed by atoms with Crippen LogP contribution >= 0.6 is 43.2 Å². The molecule has 0 saturated heterocycles. The van der Waals surface area contributed by atoms with Crippen molar-refractivity contribution in [1.29, 1.82) is 0 Å². The number of hydrogen-bond acceptors (Lipinski definition) is 1. The molecule has 0 N–H and O–H groups in total. The monoisotopic (exact) mass is 404 g/mol. The zero-order valence-corrected chi connectivity index (χ0v) is 13.6. The Morgan fingerprint density at radius 2 is 1.82 bits per heavy atom. The van der Waals surface area contributed by atoms with Crippen LogP contribution in [0.15, 0.2) is 13.6 Å².